The summed E-state index contributed by atoms with van der Waals surface area (Å²) in [5.74, 6) is -0.261. The number of carbonyl (C=O) groups is 2. The lowest BCUT2D eigenvalue weighted by molar-refractivity contribution is -0.0500. The monoisotopic (exact) mass is 564 g/mol. The topological polar surface area (TPSA) is 77.7 Å². The molecule has 0 fully saturated rings. The first-order valence-corrected chi connectivity index (χ1v) is 12.2. The summed E-state index contributed by atoms with van der Waals surface area (Å²) in [5.41, 5.74) is 3.30. The average molecular weight is 565 g/mol. The maximum absolute atomic E-state index is 12.9. The van der Waals surface area contributed by atoms with Crippen LogP contribution in [-0.2, 0) is 0 Å². The van der Waals surface area contributed by atoms with Crippen LogP contribution in [0.2, 0.25) is 10.0 Å². The Morgan fingerprint density at radius 1 is 0.795 bits per heavy atom. The molecule has 0 saturated heterocycles. The lowest BCUT2D eigenvalue weighted by Crippen LogP contribution is -2.18. The van der Waals surface area contributed by atoms with Crippen molar-refractivity contribution in [3.8, 4) is 39.1 Å². The highest BCUT2D eigenvalue weighted by molar-refractivity contribution is 6.39. The van der Waals surface area contributed by atoms with Crippen LogP contribution < -0.4 is 10.3 Å². The third kappa shape index (κ3) is 4.92. The molecule has 0 bridgehead atoms. The molecule has 0 unspecified atom stereocenters. The number of hydrogen-bond acceptors (Lipinski definition) is 5. The zero-order valence-electron chi connectivity index (χ0n) is 19.8. The van der Waals surface area contributed by atoms with E-state index in [-0.39, 0.29) is 16.9 Å². The van der Waals surface area contributed by atoms with E-state index in [0.717, 1.165) is 0 Å². The summed E-state index contributed by atoms with van der Waals surface area (Å²) in [6.45, 7) is -3.10. The molecule has 0 atom stereocenters. The minimum atomic E-state index is -3.10. The van der Waals surface area contributed by atoms with Gasteiger partial charge >= 0.3 is 6.61 Å². The number of halogens is 4. The number of aromatic nitrogens is 2. The Labute approximate surface area is 230 Å². The second-order valence-electron chi connectivity index (χ2n) is 8.36. The number of ether oxygens (including phenoxy) is 1. The van der Waals surface area contributed by atoms with Gasteiger partial charge in [0, 0.05) is 34.6 Å². The molecule has 2 aromatic heterocycles. The smallest absolute Gasteiger partial charge is 0.387 e. The molecule has 10 heteroatoms. The van der Waals surface area contributed by atoms with Crippen molar-refractivity contribution in [2.45, 2.75) is 6.61 Å². The molecule has 194 valence electrons. The summed E-state index contributed by atoms with van der Waals surface area (Å²) in [5, 5.41) is 0.692. The number of hydrogen-bond donors (Lipinski definition) is 0. The van der Waals surface area contributed by atoms with Crippen molar-refractivity contribution in [1.29, 1.82) is 0 Å². The fourth-order valence-electron chi connectivity index (χ4n) is 4.26. The molecule has 0 aliphatic rings. The van der Waals surface area contributed by atoms with Crippen molar-refractivity contribution < 1.29 is 23.1 Å². The van der Waals surface area contributed by atoms with Crippen LogP contribution in [0, 0.1) is 0 Å². The number of pyridine rings is 1. The molecule has 0 saturated carbocycles. The number of rotatable bonds is 7. The van der Waals surface area contributed by atoms with Crippen molar-refractivity contribution in [2.75, 3.05) is 0 Å². The van der Waals surface area contributed by atoms with Gasteiger partial charge in [-0.1, -0.05) is 65.7 Å². The molecule has 0 N–H and O–H groups in total. The molecule has 3 aromatic carbocycles. The summed E-state index contributed by atoms with van der Waals surface area (Å²) in [7, 11) is 0. The predicted molar refractivity (Wildman–Crippen MR) is 145 cm³/mol. The van der Waals surface area contributed by atoms with E-state index in [4.69, 9.17) is 23.2 Å². The normalized spacial score (nSPS) is 11.1. The van der Waals surface area contributed by atoms with E-state index in [1.807, 2.05) is 0 Å². The Kier molecular flexibility index (Phi) is 7.24. The number of carbonyl (C=O) groups excluding carboxylic acids is 2. The molecule has 0 spiro atoms. The molecule has 5 rings (SSSR count). The first kappa shape index (κ1) is 26.2. The van der Waals surface area contributed by atoms with Gasteiger partial charge < -0.3 is 4.74 Å². The van der Waals surface area contributed by atoms with E-state index >= 15 is 0 Å². The molecule has 2 heterocycles. The second-order valence-corrected chi connectivity index (χ2v) is 9.12. The zero-order valence-corrected chi connectivity index (χ0v) is 21.3. The third-order valence-electron chi connectivity index (χ3n) is 6.13. The van der Waals surface area contributed by atoms with E-state index in [1.165, 1.54) is 28.9 Å². The van der Waals surface area contributed by atoms with Crippen LogP contribution in [0.1, 0.15) is 20.7 Å². The summed E-state index contributed by atoms with van der Waals surface area (Å²) in [4.78, 5) is 38.9. The highest BCUT2D eigenvalue weighted by Crippen LogP contribution is 2.43. The van der Waals surface area contributed by atoms with E-state index in [9.17, 15) is 23.2 Å². The highest BCUT2D eigenvalue weighted by Gasteiger charge is 2.18. The fraction of sp³-hybridized carbons (Fsp3) is 0.0345. The Hall–Kier alpha value is -4.40. The summed E-state index contributed by atoms with van der Waals surface area (Å²) in [6, 6.07) is 18.3. The summed E-state index contributed by atoms with van der Waals surface area (Å²) in [6.07, 6.45) is 3.63. The van der Waals surface area contributed by atoms with Gasteiger partial charge in [0.2, 0.25) is 0 Å². The SMILES string of the molecule is O=Cc1ccc(-c2cccc(-c3cccc(-c4ccn5c(=O)c(C=O)cnc5c4)c3Cl)c2Cl)cc1OC(F)F. The first-order chi connectivity index (χ1) is 18.8. The van der Waals surface area contributed by atoms with Crippen LogP contribution in [0.5, 0.6) is 5.75 Å². The van der Waals surface area contributed by atoms with E-state index < -0.39 is 12.2 Å². The zero-order chi connectivity index (χ0) is 27.7. The highest BCUT2D eigenvalue weighted by atomic mass is 35.5. The average Bonchev–Trinajstić information content (AvgIpc) is 2.93. The van der Waals surface area contributed by atoms with Gasteiger partial charge in [-0.2, -0.15) is 8.78 Å². The van der Waals surface area contributed by atoms with Crippen LogP contribution in [0.25, 0.3) is 39.0 Å². The molecule has 0 radical (unpaired) electrons. The van der Waals surface area contributed by atoms with Gasteiger partial charge in [-0.05, 0) is 35.4 Å². The number of fused-ring (bicyclic) bond motifs is 1. The number of nitrogens with zero attached hydrogens (tertiary/aromatic N) is 2. The van der Waals surface area contributed by atoms with Crippen molar-refractivity contribution in [2.24, 2.45) is 0 Å². The standard InChI is InChI=1S/C29H16Cl2F2N2O4/c30-26-20(16-7-8-18(14-36)24(11-16)39-29(32)33)3-1-5-22(26)23-6-2-4-21(27(23)31)17-9-10-35-25(12-17)34-13-19(15-37)28(35)38/h1-15,29H. The van der Waals surface area contributed by atoms with Crippen LogP contribution in [-0.4, -0.2) is 28.6 Å². The van der Waals surface area contributed by atoms with Crippen LogP contribution in [0.15, 0.2) is 83.9 Å². The first-order valence-electron chi connectivity index (χ1n) is 11.4. The molecule has 39 heavy (non-hydrogen) atoms. The minimum absolute atomic E-state index is 0.0170. The quantitative estimate of drug-likeness (QED) is 0.195. The van der Waals surface area contributed by atoms with Crippen LogP contribution >= 0.6 is 23.2 Å². The third-order valence-corrected chi connectivity index (χ3v) is 6.94. The van der Waals surface area contributed by atoms with Gasteiger partial charge in [0.05, 0.1) is 21.2 Å². The van der Waals surface area contributed by atoms with Gasteiger partial charge in [0.15, 0.2) is 12.6 Å². The molecule has 6 nitrogen and oxygen atoms in total. The number of alkyl halides is 2. The minimum Gasteiger partial charge on any atom is -0.434 e. The number of benzene rings is 3. The summed E-state index contributed by atoms with van der Waals surface area (Å²) < 4.78 is 31.6. The Bertz CT molecular complexity index is 1820. The van der Waals surface area contributed by atoms with Gasteiger partial charge in [-0.3, -0.25) is 18.8 Å². The lowest BCUT2D eigenvalue weighted by Gasteiger charge is -2.15. The van der Waals surface area contributed by atoms with Crippen LogP contribution in [0.4, 0.5) is 8.78 Å². The van der Waals surface area contributed by atoms with E-state index in [0.29, 0.717) is 61.6 Å². The van der Waals surface area contributed by atoms with Crippen molar-refractivity contribution in [1.82, 2.24) is 9.38 Å². The number of aldehydes is 2. The van der Waals surface area contributed by atoms with Crippen molar-refractivity contribution in [3.05, 3.63) is 111 Å². The predicted octanol–water partition coefficient (Wildman–Crippen LogP) is 7.23. The van der Waals surface area contributed by atoms with Crippen LogP contribution in [0.3, 0.4) is 0 Å². The Morgan fingerprint density at radius 2 is 1.38 bits per heavy atom. The van der Waals surface area contributed by atoms with Gasteiger partial charge in [-0.15, -0.1) is 0 Å². The maximum atomic E-state index is 12.9. The van der Waals surface area contributed by atoms with Crippen molar-refractivity contribution >= 4 is 41.4 Å². The molecule has 5 aromatic rings. The maximum Gasteiger partial charge on any atom is 0.387 e. The van der Waals surface area contributed by atoms with Gasteiger partial charge in [0.25, 0.3) is 5.56 Å². The molecule has 0 aliphatic heterocycles. The molecular weight excluding hydrogens is 549 g/mol. The molecule has 0 aliphatic carbocycles. The van der Waals surface area contributed by atoms with E-state index in [1.54, 1.807) is 54.6 Å². The van der Waals surface area contributed by atoms with E-state index in [2.05, 4.69) is 9.72 Å². The Morgan fingerprint density at radius 3 is 1.97 bits per heavy atom. The fourth-order valence-corrected chi connectivity index (χ4v) is 4.93. The summed E-state index contributed by atoms with van der Waals surface area (Å²) >= 11 is 13.7. The van der Waals surface area contributed by atoms with Gasteiger partial charge in [-0.25, -0.2) is 4.98 Å². The van der Waals surface area contributed by atoms with Crippen molar-refractivity contribution in [3.63, 3.8) is 0 Å². The largest absolute Gasteiger partial charge is 0.434 e. The lowest BCUT2D eigenvalue weighted by atomic mass is 9.95. The van der Waals surface area contributed by atoms with Gasteiger partial charge in [0.1, 0.15) is 11.4 Å². The second kappa shape index (κ2) is 10.8. The molecule has 0 amide bonds. The molecular formula is C29H16Cl2F2N2O4. The Balaban J connectivity index is 1.60.